The van der Waals surface area contributed by atoms with E-state index in [1.54, 1.807) is 6.07 Å². The molecule has 0 unspecified atom stereocenters. The van der Waals surface area contributed by atoms with Crippen molar-refractivity contribution in [3.05, 3.63) is 32.6 Å². The molecule has 1 aromatic heterocycles. The summed E-state index contributed by atoms with van der Waals surface area (Å²) in [6.45, 7) is 2.25. The molecule has 1 fully saturated rings. The van der Waals surface area contributed by atoms with E-state index in [4.69, 9.17) is 19.5 Å². The van der Waals surface area contributed by atoms with Crippen molar-refractivity contribution in [2.45, 2.75) is 38.7 Å². The van der Waals surface area contributed by atoms with Crippen LogP contribution in [0.15, 0.2) is 15.7 Å². The first-order valence-corrected chi connectivity index (χ1v) is 7.03. The number of rotatable bonds is 4. The number of ether oxygens (including phenoxy) is 3. The Morgan fingerprint density at radius 1 is 1.42 bits per heavy atom. The van der Waals surface area contributed by atoms with Gasteiger partial charge in [-0.05, 0) is 0 Å². The summed E-state index contributed by atoms with van der Waals surface area (Å²) in [5, 5.41) is 9.11. The molecule has 2 rings (SSSR count). The van der Waals surface area contributed by atoms with Crippen molar-refractivity contribution in [3.8, 4) is 6.07 Å². The van der Waals surface area contributed by atoms with Gasteiger partial charge in [0.15, 0.2) is 0 Å². The zero-order chi connectivity index (χ0) is 17.9. The summed E-state index contributed by atoms with van der Waals surface area (Å²) in [7, 11) is 0. The molecule has 10 heteroatoms. The Balaban J connectivity index is 2.31. The van der Waals surface area contributed by atoms with E-state index in [0.29, 0.717) is 0 Å². The number of nitrogens with zero attached hydrogens (tertiary/aromatic N) is 2. The molecule has 1 N–H and O–H groups in total. The van der Waals surface area contributed by atoms with Crippen LogP contribution in [0.4, 0.5) is 0 Å². The third-order valence-corrected chi connectivity index (χ3v) is 3.33. The van der Waals surface area contributed by atoms with Gasteiger partial charge >= 0.3 is 17.6 Å². The summed E-state index contributed by atoms with van der Waals surface area (Å²) in [4.78, 5) is 47.5. The number of aromatic amines is 1. The zero-order valence-electron chi connectivity index (χ0n) is 13.0. The molecule has 128 valence electrons. The number of carbonyl (C=O) groups is 2. The maximum absolute atomic E-state index is 12.0. The Hall–Kier alpha value is -2.93. The molecular formula is C14H15N3O7. The fourth-order valence-electron chi connectivity index (χ4n) is 2.42. The Bertz CT molecular complexity index is 804. The fraction of sp³-hybridized carbons (Fsp3) is 0.500. The topological polar surface area (TPSA) is 140 Å². The van der Waals surface area contributed by atoms with Crippen molar-refractivity contribution >= 4 is 11.9 Å². The van der Waals surface area contributed by atoms with Crippen LogP contribution in [0.2, 0.25) is 0 Å². The molecule has 0 aliphatic carbocycles. The van der Waals surface area contributed by atoms with Gasteiger partial charge in [0.2, 0.25) is 0 Å². The van der Waals surface area contributed by atoms with Gasteiger partial charge in [0.1, 0.15) is 36.8 Å². The van der Waals surface area contributed by atoms with E-state index in [1.807, 2.05) is 4.98 Å². The lowest BCUT2D eigenvalue weighted by Crippen LogP contribution is -2.34. The number of hydrogen-bond acceptors (Lipinski definition) is 8. The van der Waals surface area contributed by atoms with Gasteiger partial charge in [0.25, 0.3) is 5.56 Å². The highest BCUT2D eigenvalue weighted by Crippen LogP contribution is 2.30. The molecule has 3 atom stereocenters. The minimum atomic E-state index is -0.950. The third-order valence-electron chi connectivity index (χ3n) is 3.33. The number of nitrogens with one attached hydrogen (secondary N) is 1. The van der Waals surface area contributed by atoms with E-state index in [0.717, 1.165) is 10.6 Å². The second-order valence-electron chi connectivity index (χ2n) is 5.12. The second kappa shape index (κ2) is 7.10. The van der Waals surface area contributed by atoms with E-state index in [1.165, 1.54) is 13.8 Å². The second-order valence-corrected chi connectivity index (χ2v) is 5.12. The van der Waals surface area contributed by atoms with E-state index in [2.05, 4.69) is 0 Å². The normalized spacial score (nSPS) is 22.6. The van der Waals surface area contributed by atoms with Crippen molar-refractivity contribution in [1.29, 1.82) is 5.26 Å². The van der Waals surface area contributed by atoms with Crippen LogP contribution in [0.5, 0.6) is 0 Å². The first-order chi connectivity index (χ1) is 11.3. The zero-order valence-corrected chi connectivity index (χ0v) is 13.0. The van der Waals surface area contributed by atoms with Gasteiger partial charge in [-0.25, -0.2) is 4.79 Å². The molecular weight excluding hydrogens is 322 g/mol. The van der Waals surface area contributed by atoms with Gasteiger partial charge in [-0.3, -0.25) is 23.9 Å². The molecule has 1 aliphatic rings. The highest BCUT2D eigenvalue weighted by atomic mass is 16.6. The standard InChI is InChI=1S/C14H15N3O7/c1-7(18)22-6-11-10(23-8(2)19)4-13(24-11)17-9(5-15)3-12(20)16-14(17)21/h3,10-11,13H,4,6H2,1-2H3,(H,16,20,21)/t10-,11+,13+/m0/s1. The quantitative estimate of drug-likeness (QED) is 0.703. The number of carbonyl (C=O) groups excluding carboxylic acids is 2. The Morgan fingerprint density at radius 3 is 2.71 bits per heavy atom. The molecule has 1 aromatic rings. The Kier molecular flexibility index (Phi) is 5.15. The van der Waals surface area contributed by atoms with Gasteiger partial charge in [-0.1, -0.05) is 0 Å². The lowest BCUT2D eigenvalue weighted by Gasteiger charge is -2.17. The lowest BCUT2D eigenvalue weighted by atomic mass is 10.2. The summed E-state index contributed by atoms with van der Waals surface area (Å²) in [5.41, 5.74) is -1.72. The molecule has 0 spiro atoms. The van der Waals surface area contributed by atoms with E-state index in [-0.39, 0.29) is 18.7 Å². The van der Waals surface area contributed by atoms with Gasteiger partial charge in [0.05, 0.1) is 0 Å². The first-order valence-electron chi connectivity index (χ1n) is 7.03. The smallest absolute Gasteiger partial charge is 0.331 e. The minimum Gasteiger partial charge on any atom is -0.463 e. The van der Waals surface area contributed by atoms with Crippen molar-refractivity contribution < 1.29 is 23.8 Å². The summed E-state index contributed by atoms with van der Waals surface area (Å²) >= 11 is 0. The van der Waals surface area contributed by atoms with Crippen molar-refractivity contribution in [2.24, 2.45) is 0 Å². The first kappa shape index (κ1) is 17.4. The lowest BCUT2D eigenvalue weighted by molar-refractivity contribution is -0.155. The maximum Gasteiger partial charge on any atom is 0.331 e. The molecule has 0 aromatic carbocycles. The maximum atomic E-state index is 12.0. The highest BCUT2D eigenvalue weighted by Gasteiger charge is 2.40. The fourth-order valence-corrected chi connectivity index (χ4v) is 2.42. The van der Waals surface area contributed by atoms with Crippen molar-refractivity contribution in [1.82, 2.24) is 9.55 Å². The molecule has 24 heavy (non-hydrogen) atoms. The average molecular weight is 337 g/mol. The van der Waals surface area contributed by atoms with Gasteiger partial charge in [-0.15, -0.1) is 0 Å². The molecule has 1 saturated heterocycles. The largest absolute Gasteiger partial charge is 0.463 e. The van der Waals surface area contributed by atoms with Gasteiger partial charge < -0.3 is 14.2 Å². The highest BCUT2D eigenvalue weighted by molar-refractivity contribution is 5.66. The summed E-state index contributed by atoms with van der Waals surface area (Å²) in [6.07, 6.45) is -2.45. The SMILES string of the molecule is CC(=O)OC[C@H]1O[C@@H](n2c(C#N)cc(=O)[nH]c2=O)C[C@@H]1OC(C)=O. The van der Waals surface area contributed by atoms with Crippen LogP contribution >= 0.6 is 0 Å². The van der Waals surface area contributed by atoms with Gasteiger partial charge in [-0.2, -0.15) is 5.26 Å². The predicted molar refractivity (Wildman–Crippen MR) is 76.8 cm³/mol. The molecule has 0 radical (unpaired) electrons. The molecule has 1 aliphatic heterocycles. The van der Waals surface area contributed by atoms with Crippen LogP contribution in [-0.4, -0.2) is 40.3 Å². The van der Waals surface area contributed by atoms with Crippen LogP contribution in [0.3, 0.4) is 0 Å². The molecule has 0 bridgehead atoms. The van der Waals surface area contributed by atoms with Crippen molar-refractivity contribution in [2.75, 3.05) is 6.61 Å². The average Bonchev–Trinajstić information content (AvgIpc) is 2.85. The monoisotopic (exact) mass is 337 g/mol. The number of hydrogen-bond donors (Lipinski definition) is 1. The van der Waals surface area contributed by atoms with Crippen LogP contribution < -0.4 is 11.2 Å². The number of nitriles is 1. The Morgan fingerprint density at radius 2 is 2.12 bits per heavy atom. The summed E-state index contributed by atoms with van der Waals surface area (Å²) < 4.78 is 16.6. The molecule has 0 saturated carbocycles. The van der Waals surface area contributed by atoms with E-state index >= 15 is 0 Å². The van der Waals surface area contributed by atoms with Crippen LogP contribution in [0, 0.1) is 11.3 Å². The van der Waals surface area contributed by atoms with Crippen LogP contribution in [0.25, 0.3) is 0 Å². The molecule has 10 nitrogen and oxygen atoms in total. The summed E-state index contributed by atoms with van der Waals surface area (Å²) in [5.74, 6) is -1.10. The predicted octanol–water partition coefficient (Wildman–Crippen LogP) is -0.809. The Labute approximate surface area is 135 Å². The van der Waals surface area contributed by atoms with Crippen LogP contribution in [0.1, 0.15) is 32.2 Å². The van der Waals surface area contributed by atoms with Crippen LogP contribution in [-0.2, 0) is 23.8 Å². The summed E-state index contributed by atoms with van der Waals surface area (Å²) in [6, 6.07) is 2.71. The molecule has 0 amide bonds. The number of aromatic nitrogens is 2. The minimum absolute atomic E-state index is 0.0616. The third kappa shape index (κ3) is 3.88. The van der Waals surface area contributed by atoms with Gasteiger partial charge in [0, 0.05) is 26.3 Å². The van der Waals surface area contributed by atoms with E-state index < -0.39 is 41.6 Å². The van der Waals surface area contributed by atoms with Crippen molar-refractivity contribution in [3.63, 3.8) is 0 Å². The number of esters is 2. The van der Waals surface area contributed by atoms with E-state index in [9.17, 15) is 19.2 Å². The molecule has 2 heterocycles. The number of H-pyrrole nitrogens is 1.